The third-order valence-electron chi connectivity index (χ3n) is 3.21. The molecule has 0 spiro atoms. The lowest BCUT2D eigenvalue weighted by Gasteiger charge is -2.32. The first kappa shape index (κ1) is 11.9. The molecule has 0 radical (unpaired) electrons. The Bertz CT molecular complexity index is 323. The zero-order valence-electron chi connectivity index (χ0n) is 10.1. The Hall–Kier alpha value is -0.540. The van der Waals surface area contributed by atoms with Crippen LogP contribution >= 0.6 is 11.8 Å². The van der Waals surface area contributed by atoms with Crippen LogP contribution in [0.15, 0.2) is 23.4 Å². The van der Waals surface area contributed by atoms with E-state index in [4.69, 9.17) is 0 Å². The standard InChI is InChI=1S/C13H20N2S/c1-3-16-13-8-7-11(10-14-13)12-6-4-5-9-15(12)2/h7-8,10,12H,3-6,9H2,1-2H3. The number of hydrogen-bond donors (Lipinski definition) is 0. The summed E-state index contributed by atoms with van der Waals surface area (Å²) in [7, 11) is 2.22. The lowest BCUT2D eigenvalue weighted by atomic mass is 9.97. The van der Waals surface area contributed by atoms with Crippen molar-refractivity contribution in [1.82, 2.24) is 9.88 Å². The van der Waals surface area contributed by atoms with Crippen LogP contribution in [0.1, 0.15) is 37.8 Å². The van der Waals surface area contributed by atoms with Crippen molar-refractivity contribution in [2.45, 2.75) is 37.3 Å². The molecule has 3 heteroatoms. The SMILES string of the molecule is CCSc1ccc(C2CCCCN2C)cn1. The first-order valence-corrected chi connectivity index (χ1v) is 7.09. The minimum atomic E-state index is 0.585. The summed E-state index contributed by atoms with van der Waals surface area (Å²) in [4.78, 5) is 6.97. The van der Waals surface area contributed by atoms with Crippen LogP contribution in [-0.4, -0.2) is 29.2 Å². The predicted molar refractivity (Wildman–Crippen MR) is 69.9 cm³/mol. The second kappa shape index (κ2) is 5.69. The van der Waals surface area contributed by atoms with Gasteiger partial charge in [-0.25, -0.2) is 4.98 Å². The molecule has 1 aromatic rings. The molecule has 0 N–H and O–H groups in total. The summed E-state index contributed by atoms with van der Waals surface area (Å²) in [5.41, 5.74) is 1.38. The highest BCUT2D eigenvalue weighted by Gasteiger charge is 2.20. The topological polar surface area (TPSA) is 16.1 Å². The highest BCUT2D eigenvalue weighted by molar-refractivity contribution is 7.99. The van der Waals surface area contributed by atoms with E-state index in [1.54, 1.807) is 11.8 Å². The molecule has 1 saturated heterocycles. The highest BCUT2D eigenvalue weighted by atomic mass is 32.2. The average Bonchev–Trinajstić information content (AvgIpc) is 2.31. The predicted octanol–water partition coefficient (Wildman–Crippen LogP) is 3.35. The maximum absolute atomic E-state index is 4.51. The summed E-state index contributed by atoms with van der Waals surface area (Å²) in [5.74, 6) is 1.09. The second-order valence-electron chi connectivity index (χ2n) is 4.35. The van der Waals surface area contributed by atoms with E-state index in [2.05, 4.69) is 42.2 Å². The van der Waals surface area contributed by atoms with Gasteiger partial charge in [-0.1, -0.05) is 19.4 Å². The Morgan fingerprint density at radius 1 is 1.44 bits per heavy atom. The molecule has 2 nitrogen and oxygen atoms in total. The fourth-order valence-electron chi connectivity index (χ4n) is 2.32. The Balaban J connectivity index is 2.08. The van der Waals surface area contributed by atoms with Crippen molar-refractivity contribution in [2.75, 3.05) is 19.3 Å². The number of thioether (sulfide) groups is 1. The summed E-state index contributed by atoms with van der Waals surface area (Å²) in [5, 5.41) is 1.14. The van der Waals surface area contributed by atoms with Gasteiger partial charge in [0.15, 0.2) is 0 Å². The monoisotopic (exact) mass is 236 g/mol. The van der Waals surface area contributed by atoms with Crippen LogP contribution in [0, 0.1) is 0 Å². The molecule has 0 amide bonds. The summed E-state index contributed by atoms with van der Waals surface area (Å²) < 4.78 is 0. The Morgan fingerprint density at radius 2 is 2.31 bits per heavy atom. The molecule has 0 saturated carbocycles. The maximum atomic E-state index is 4.51. The Kier molecular flexibility index (Phi) is 4.24. The van der Waals surface area contributed by atoms with Crippen LogP contribution < -0.4 is 0 Å². The summed E-state index contributed by atoms with van der Waals surface area (Å²) in [6, 6.07) is 4.99. The van der Waals surface area contributed by atoms with Crippen molar-refractivity contribution in [1.29, 1.82) is 0 Å². The van der Waals surface area contributed by atoms with Crippen LogP contribution in [0.3, 0.4) is 0 Å². The van der Waals surface area contributed by atoms with Crippen LogP contribution in [-0.2, 0) is 0 Å². The summed E-state index contributed by atoms with van der Waals surface area (Å²) in [6.45, 7) is 3.38. The molecule has 1 aliphatic heterocycles. The van der Waals surface area contributed by atoms with Gasteiger partial charge < -0.3 is 0 Å². The molecule has 1 fully saturated rings. The normalized spacial score (nSPS) is 22.2. The fourth-order valence-corrected chi connectivity index (χ4v) is 2.91. The van der Waals surface area contributed by atoms with Crippen molar-refractivity contribution in [3.63, 3.8) is 0 Å². The van der Waals surface area contributed by atoms with E-state index in [1.807, 2.05) is 0 Å². The zero-order valence-corrected chi connectivity index (χ0v) is 11.0. The molecule has 1 unspecified atom stereocenters. The van der Waals surface area contributed by atoms with Crippen LogP contribution in [0.25, 0.3) is 0 Å². The van der Waals surface area contributed by atoms with E-state index >= 15 is 0 Å². The van der Waals surface area contributed by atoms with Crippen LogP contribution in [0.4, 0.5) is 0 Å². The van der Waals surface area contributed by atoms with E-state index in [-0.39, 0.29) is 0 Å². The smallest absolute Gasteiger partial charge is 0.0959 e. The van der Waals surface area contributed by atoms with Crippen molar-refractivity contribution >= 4 is 11.8 Å². The van der Waals surface area contributed by atoms with Crippen LogP contribution in [0.5, 0.6) is 0 Å². The third-order valence-corrected chi connectivity index (χ3v) is 4.03. The van der Waals surface area contributed by atoms with Gasteiger partial charge in [0.05, 0.1) is 5.03 Å². The molecule has 2 heterocycles. The molecule has 2 rings (SSSR count). The maximum Gasteiger partial charge on any atom is 0.0959 e. The van der Waals surface area contributed by atoms with Gasteiger partial charge in [0.2, 0.25) is 0 Å². The summed E-state index contributed by atoms with van der Waals surface area (Å²) >= 11 is 1.81. The molecule has 0 aliphatic carbocycles. The molecular weight excluding hydrogens is 216 g/mol. The van der Waals surface area contributed by atoms with Crippen molar-refractivity contribution < 1.29 is 0 Å². The Labute approximate surface area is 102 Å². The molecule has 1 aliphatic rings. The number of likely N-dealkylation sites (tertiary alicyclic amines) is 1. The van der Waals surface area contributed by atoms with E-state index in [9.17, 15) is 0 Å². The van der Waals surface area contributed by atoms with E-state index in [0.717, 1.165) is 10.8 Å². The average molecular weight is 236 g/mol. The molecule has 16 heavy (non-hydrogen) atoms. The Morgan fingerprint density at radius 3 is 2.94 bits per heavy atom. The van der Waals surface area contributed by atoms with Gasteiger partial charge in [0.25, 0.3) is 0 Å². The lowest BCUT2D eigenvalue weighted by Crippen LogP contribution is -2.29. The van der Waals surface area contributed by atoms with Crippen molar-refractivity contribution in [2.24, 2.45) is 0 Å². The first-order valence-electron chi connectivity index (χ1n) is 6.10. The zero-order chi connectivity index (χ0) is 11.4. The minimum Gasteiger partial charge on any atom is -0.299 e. The number of piperidine rings is 1. The third kappa shape index (κ3) is 2.77. The lowest BCUT2D eigenvalue weighted by molar-refractivity contribution is 0.187. The van der Waals surface area contributed by atoms with Gasteiger partial charge in [-0.15, -0.1) is 11.8 Å². The van der Waals surface area contributed by atoms with Gasteiger partial charge in [-0.2, -0.15) is 0 Å². The van der Waals surface area contributed by atoms with Gasteiger partial charge in [0, 0.05) is 12.2 Å². The molecule has 1 atom stereocenters. The number of hydrogen-bond acceptors (Lipinski definition) is 3. The highest BCUT2D eigenvalue weighted by Crippen LogP contribution is 2.29. The molecule has 88 valence electrons. The molecule has 0 aromatic carbocycles. The molecule has 1 aromatic heterocycles. The minimum absolute atomic E-state index is 0.585. The number of pyridine rings is 1. The molecular formula is C13H20N2S. The quantitative estimate of drug-likeness (QED) is 0.749. The first-order chi connectivity index (χ1) is 7.81. The van der Waals surface area contributed by atoms with Gasteiger partial charge in [-0.05, 0) is 43.8 Å². The van der Waals surface area contributed by atoms with Crippen molar-refractivity contribution in [3.05, 3.63) is 23.9 Å². The van der Waals surface area contributed by atoms with Crippen LogP contribution in [0.2, 0.25) is 0 Å². The number of nitrogens with zero attached hydrogens (tertiary/aromatic N) is 2. The summed E-state index contributed by atoms with van der Waals surface area (Å²) in [6.07, 6.45) is 6.02. The van der Waals surface area contributed by atoms with E-state index in [1.165, 1.54) is 31.4 Å². The molecule has 0 bridgehead atoms. The van der Waals surface area contributed by atoms with Gasteiger partial charge in [0.1, 0.15) is 0 Å². The van der Waals surface area contributed by atoms with Gasteiger partial charge >= 0.3 is 0 Å². The number of aromatic nitrogens is 1. The van der Waals surface area contributed by atoms with Gasteiger partial charge in [-0.3, -0.25) is 4.90 Å². The largest absolute Gasteiger partial charge is 0.299 e. The van der Waals surface area contributed by atoms with E-state index < -0.39 is 0 Å². The van der Waals surface area contributed by atoms with E-state index in [0.29, 0.717) is 6.04 Å². The fraction of sp³-hybridized carbons (Fsp3) is 0.615. The second-order valence-corrected chi connectivity index (χ2v) is 5.64. The number of rotatable bonds is 3. The van der Waals surface area contributed by atoms with Crippen molar-refractivity contribution in [3.8, 4) is 0 Å².